The lowest BCUT2D eigenvalue weighted by Gasteiger charge is -2.08. The highest BCUT2D eigenvalue weighted by atomic mass is 35.5. The Hall–Kier alpha value is -2.19. The van der Waals surface area contributed by atoms with Crippen molar-refractivity contribution >= 4 is 35.7 Å². The number of nitro benzene ring substituents is 1. The van der Waals surface area contributed by atoms with Crippen molar-refractivity contribution in [2.45, 2.75) is 25.8 Å². The molecule has 0 heterocycles. The monoisotopic (exact) mass is 331 g/mol. The third kappa shape index (κ3) is 6.06. The van der Waals surface area contributed by atoms with Gasteiger partial charge in [-0.2, -0.15) is 0 Å². The molecule has 22 heavy (non-hydrogen) atoms. The number of nitrogens with zero attached hydrogens (tertiary/aromatic N) is 1. The van der Waals surface area contributed by atoms with Gasteiger partial charge < -0.3 is 15.8 Å². The number of non-ortho nitro benzene ring substituents is 1. The van der Waals surface area contributed by atoms with E-state index >= 15 is 0 Å². The zero-order valence-corrected chi connectivity index (χ0v) is 13.0. The van der Waals surface area contributed by atoms with Gasteiger partial charge in [0.05, 0.1) is 17.6 Å². The number of esters is 1. The summed E-state index contributed by atoms with van der Waals surface area (Å²) in [7, 11) is 1.17. The highest BCUT2D eigenvalue weighted by molar-refractivity contribution is 5.95. The van der Waals surface area contributed by atoms with Gasteiger partial charge in [0.15, 0.2) is 0 Å². The van der Waals surface area contributed by atoms with Crippen LogP contribution < -0.4 is 11.1 Å². The largest absolute Gasteiger partial charge is 0.465 e. The number of ether oxygens (including phenoxy) is 1. The number of halogens is 1. The number of nitrogens with two attached hydrogens (primary N) is 1. The molecule has 0 aliphatic rings. The maximum atomic E-state index is 11.7. The molecule has 0 saturated carbocycles. The van der Waals surface area contributed by atoms with Gasteiger partial charge in [-0.3, -0.25) is 14.9 Å². The lowest BCUT2D eigenvalue weighted by molar-refractivity contribution is -0.384. The third-order valence-corrected chi connectivity index (χ3v) is 2.66. The van der Waals surface area contributed by atoms with Crippen LogP contribution >= 0.6 is 12.4 Å². The highest BCUT2D eigenvalue weighted by Gasteiger charge is 2.16. The van der Waals surface area contributed by atoms with Crippen molar-refractivity contribution in [1.82, 2.24) is 0 Å². The summed E-state index contributed by atoms with van der Waals surface area (Å²) in [6.45, 7) is 1.77. The second kappa shape index (κ2) is 8.96. The van der Waals surface area contributed by atoms with Crippen molar-refractivity contribution in [3.8, 4) is 0 Å². The highest BCUT2D eigenvalue weighted by Crippen LogP contribution is 2.22. The van der Waals surface area contributed by atoms with E-state index in [1.807, 2.05) is 0 Å². The van der Waals surface area contributed by atoms with E-state index in [4.69, 9.17) is 5.73 Å². The Morgan fingerprint density at radius 3 is 2.55 bits per heavy atom. The van der Waals surface area contributed by atoms with Crippen LogP contribution in [0.25, 0.3) is 0 Å². The van der Waals surface area contributed by atoms with Gasteiger partial charge in [0.2, 0.25) is 5.91 Å². The molecule has 0 aliphatic heterocycles. The first-order valence-electron chi connectivity index (χ1n) is 6.26. The predicted molar refractivity (Wildman–Crippen MR) is 83.2 cm³/mol. The first kappa shape index (κ1) is 19.8. The molecular weight excluding hydrogens is 314 g/mol. The van der Waals surface area contributed by atoms with Crippen molar-refractivity contribution in [3.05, 3.63) is 33.9 Å². The second-order valence-electron chi connectivity index (χ2n) is 4.58. The molecule has 122 valence electrons. The van der Waals surface area contributed by atoms with Gasteiger partial charge in [0.1, 0.15) is 0 Å². The Labute approximate surface area is 133 Å². The van der Waals surface area contributed by atoms with Crippen LogP contribution in [0.2, 0.25) is 0 Å². The van der Waals surface area contributed by atoms with Crippen molar-refractivity contribution in [2.24, 2.45) is 5.73 Å². The number of nitrogens with one attached hydrogen (secondary N) is 1. The van der Waals surface area contributed by atoms with Crippen molar-refractivity contribution in [1.29, 1.82) is 0 Å². The average Bonchev–Trinajstić information content (AvgIpc) is 2.43. The minimum absolute atomic E-state index is 0. The summed E-state index contributed by atoms with van der Waals surface area (Å²) in [5.74, 6) is -1.05. The normalized spacial score (nSPS) is 11.0. The summed E-state index contributed by atoms with van der Waals surface area (Å²) >= 11 is 0. The maximum Gasteiger partial charge on any atom is 0.338 e. The first-order valence-corrected chi connectivity index (χ1v) is 6.26. The van der Waals surface area contributed by atoms with Gasteiger partial charge in [-0.25, -0.2) is 4.79 Å². The summed E-state index contributed by atoms with van der Waals surface area (Å²) < 4.78 is 4.52. The molecule has 3 N–H and O–H groups in total. The molecule has 1 atom stereocenters. The van der Waals surface area contributed by atoms with Gasteiger partial charge in [-0.15, -0.1) is 12.4 Å². The molecule has 9 heteroatoms. The zero-order chi connectivity index (χ0) is 16.0. The van der Waals surface area contributed by atoms with Crippen LogP contribution in [0, 0.1) is 10.1 Å². The molecule has 0 aromatic heterocycles. The Bertz CT molecular complexity index is 563. The fourth-order valence-electron chi connectivity index (χ4n) is 1.61. The number of methoxy groups -OCH3 is 1. The molecular formula is C13H18ClN3O5. The van der Waals surface area contributed by atoms with Crippen LogP contribution in [-0.2, 0) is 9.53 Å². The quantitative estimate of drug-likeness (QED) is 0.465. The van der Waals surface area contributed by atoms with Crippen LogP contribution in [0.1, 0.15) is 30.1 Å². The van der Waals surface area contributed by atoms with Gasteiger partial charge in [0.25, 0.3) is 5.69 Å². The Morgan fingerprint density at radius 2 is 2.05 bits per heavy atom. The summed E-state index contributed by atoms with van der Waals surface area (Å²) in [6, 6.07) is 3.47. The molecule has 0 aliphatic carbocycles. The lowest BCUT2D eigenvalue weighted by atomic mass is 10.1. The van der Waals surface area contributed by atoms with Crippen LogP contribution in [0.3, 0.4) is 0 Å². The molecule has 0 fully saturated rings. The van der Waals surface area contributed by atoms with Crippen LogP contribution in [0.5, 0.6) is 0 Å². The molecule has 0 radical (unpaired) electrons. The molecule has 1 rings (SSSR count). The number of rotatable bonds is 6. The van der Waals surface area contributed by atoms with E-state index < -0.39 is 10.9 Å². The number of hydrogen-bond acceptors (Lipinski definition) is 6. The van der Waals surface area contributed by atoms with E-state index in [1.165, 1.54) is 19.2 Å². The average molecular weight is 332 g/mol. The summed E-state index contributed by atoms with van der Waals surface area (Å²) in [5, 5.41) is 13.3. The molecule has 8 nitrogen and oxygen atoms in total. The van der Waals surface area contributed by atoms with Gasteiger partial charge >= 0.3 is 5.97 Å². The van der Waals surface area contributed by atoms with E-state index in [0.717, 1.165) is 6.07 Å². The van der Waals surface area contributed by atoms with Crippen LogP contribution in [0.15, 0.2) is 18.2 Å². The lowest BCUT2D eigenvalue weighted by Crippen LogP contribution is -2.19. The predicted octanol–water partition coefficient (Wildman–Crippen LogP) is 1.87. The molecule has 1 aromatic rings. The fraction of sp³-hybridized carbons (Fsp3) is 0.385. The van der Waals surface area contributed by atoms with Crippen molar-refractivity contribution in [2.75, 3.05) is 12.4 Å². The molecule has 0 bridgehead atoms. The minimum Gasteiger partial charge on any atom is -0.465 e. The molecule has 1 aromatic carbocycles. The fourth-order valence-corrected chi connectivity index (χ4v) is 1.61. The molecule has 1 unspecified atom stereocenters. The number of hydrogen-bond donors (Lipinski definition) is 2. The number of carbonyl (C=O) groups excluding carboxylic acids is 2. The zero-order valence-electron chi connectivity index (χ0n) is 12.2. The van der Waals surface area contributed by atoms with Gasteiger partial charge in [0, 0.05) is 30.3 Å². The van der Waals surface area contributed by atoms with E-state index in [0.29, 0.717) is 6.42 Å². The van der Waals surface area contributed by atoms with Crippen molar-refractivity contribution < 1.29 is 19.2 Å². The standard InChI is InChI=1S/C13H17N3O5.ClH/c1-8(14)3-4-12(17)15-10-5-9(13(18)21-2)6-11(7-10)16(19)20;/h5-8H,3-4,14H2,1-2H3,(H,15,17);1H. The molecule has 0 spiro atoms. The maximum absolute atomic E-state index is 11.7. The number of anilines is 1. The van der Waals surface area contributed by atoms with E-state index in [9.17, 15) is 19.7 Å². The topological polar surface area (TPSA) is 125 Å². The van der Waals surface area contributed by atoms with Gasteiger partial charge in [-0.05, 0) is 19.4 Å². The summed E-state index contributed by atoms with van der Waals surface area (Å²) in [6.07, 6.45) is 0.679. The first-order chi connectivity index (χ1) is 9.83. The van der Waals surface area contributed by atoms with E-state index in [2.05, 4.69) is 10.1 Å². The summed E-state index contributed by atoms with van der Waals surface area (Å²) in [5.41, 5.74) is 5.40. The Kier molecular flexibility index (Phi) is 8.06. The SMILES string of the molecule is COC(=O)c1cc(NC(=O)CCC(C)N)cc([N+](=O)[O-])c1.Cl. The van der Waals surface area contributed by atoms with E-state index in [-0.39, 0.29) is 47.7 Å². The minimum atomic E-state index is -0.718. The third-order valence-electron chi connectivity index (χ3n) is 2.66. The van der Waals surface area contributed by atoms with E-state index in [1.54, 1.807) is 6.92 Å². The number of amides is 1. The number of carbonyl (C=O) groups is 2. The van der Waals surface area contributed by atoms with Crippen molar-refractivity contribution in [3.63, 3.8) is 0 Å². The molecule has 0 saturated heterocycles. The van der Waals surface area contributed by atoms with Crippen LogP contribution in [0.4, 0.5) is 11.4 Å². The summed E-state index contributed by atoms with van der Waals surface area (Å²) in [4.78, 5) is 33.4. The van der Waals surface area contributed by atoms with Gasteiger partial charge in [-0.1, -0.05) is 0 Å². The Morgan fingerprint density at radius 1 is 1.41 bits per heavy atom. The number of benzene rings is 1. The second-order valence-corrected chi connectivity index (χ2v) is 4.58. The molecule has 1 amide bonds. The Balaban J connectivity index is 0.00000441. The van der Waals surface area contributed by atoms with Crippen LogP contribution in [-0.4, -0.2) is 30.0 Å². The number of nitro groups is 1. The smallest absolute Gasteiger partial charge is 0.338 e.